The first-order chi connectivity index (χ1) is 13.0. The fraction of sp³-hybridized carbons (Fsp3) is 0.455. The summed E-state index contributed by atoms with van der Waals surface area (Å²) < 4.78 is 50.8. The Bertz CT molecular complexity index is 829. The maximum atomic E-state index is 12.9. The molecule has 2 unspecified atom stereocenters. The van der Waals surface area contributed by atoms with Crippen LogP contribution < -0.4 is 9.47 Å². The van der Waals surface area contributed by atoms with Crippen molar-refractivity contribution in [1.82, 2.24) is 4.90 Å². The van der Waals surface area contributed by atoms with Gasteiger partial charge in [-0.2, -0.15) is 13.2 Å². The maximum Gasteiger partial charge on any atom is 0.416 e. The normalized spacial score (nSPS) is 19.7. The number of benzene rings is 2. The van der Waals surface area contributed by atoms with Crippen molar-refractivity contribution in [3.8, 4) is 11.5 Å². The molecule has 2 atom stereocenters. The number of halogens is 3. The summed E-state index contributed by atoms with van der Waals surface area (Å²) in [6.07, 6.45) is -3.75. The van der Waals surface area contributed by atoms with Gasteiger partial charge in [0.1, 0.15) is 23.3 Å². The number of rotatable bonds is 4. The molecule has 0 bridgehead atoms. The van der Waals surface area contributed by atoms with E-state index in [9.17, 15) is 13.2 Å². The highest BCUT2D eigenvalue weighted by Crippen LogP contribution is 2.46. The van der Waals surface area contributed by atoms with Gasteiger partial charge in [-0.05, 0) is 65.0 Å². The van der Waals surface area contributed by atoms with E-state index in [0.717, 1.165) is 23.3 Å². The highest BCUT2D eigenvalue weighted by molar-refractivity contribution is 5.49. The zero-order valence-corrected chi connectivity index (χ0v) is 16.8. The quantitative estimate of drug-likeness (QED) is 0.624. The monoisotopic (exact) mass is 393 g/mol. The van der Waals surface area contributed by atoms with Gasteiger partial charge in [0.05, 0.1) is 5.56 Å². The van der Waals surface area contributed by atoms with Crippen LogP contribution in [0.2, 0.25) is 0 Å². The summed E-state index contributed by atoms with van der Waals surface area (Å²) in [7, 11) is 3.87. The molecule has 0 spiro atoms. The van der Waals surface area contributed by atoms with Crippen molar-refractivity contribution in [3.63, 3.8) is 0 Å². The van der Waals surface area contributed by atoms with E-state index in [0.29, 0.717) is 17.9 Å². The lowest BCUT2D eigenvalue weighted by molar-refractivity contribution is -0.137. The molecule has 0 saturated carbocycles. The summed E-state index contributed by atoms with van der Waals surface area (Å²) in [5, 5.41) is 0. The minimum absolute atomic E-state index is 0.0404. The summed E-state index contributed by atoms with van der Waals surface area (Å²) in [6, 6.07) is 11.1. The van der Waals surface area contributed by atoms with Crippen molar-refractivity contribution in [2.24, 2.45) is 0 Å². The molecule has 0 radical (unpaired) electrons. The molecule has 1 aliphatic rings. The molecular weight excluding hydrogens is 367 g/mol. The molecule has 1 aliphatic heterocycles. The third kappa shape index (κ3) is 4.43. The van der Waals surface area contributed by atoms with E-state index in [1.54, 1.807) is 12.1 Å². The van der Waals surface area contributed by atoms with Gasteiger partial charge in [0.25, 0.3) is 0 Å². The molecule has 0 aliphatic carbocycles. The Kier molecular flexibility index (Phi) is 5.36. The topological polar surface area (TPSA) is 21.7 Å². The van der Waals surface area contributed by atoms with E-state index in [-0.39, 0.29) is 12.1 Å². The van der Waals surface area contributed by atoms with Crippen molar-refractivity contribution in [3.05, 3.63) is 59.2 Å². The van der Waals surface area contributed by atoms with Gasteiger partial charge >= 0.3 is 6.18 Å². The molecule has 0 fully saturated rings. The summed E-state index contributed by atoms with van der Waals surface area (Å²) in [4.78, 5) is 1.95. The second-order valence-corrected chi connectivity index (χ2v) is 8.12. The molecule has 152 valence electrons. The van der Waals surface area contributed by atoms with Crippen LogP contribution in [0, 0.1) is 0 Å². The SMILES string of the molecule is CC(Oc1ccc2c(c1)OC(C)(C)CC2c1ccc(C(F)(F)F)cc1)N(C)C. The number of fused-ring (bicyclic) bond motifs is 1. The predicted molar refractivity (Wildman–Crippen MR) is 103 cm³/mol. The van der Waals surface area contributed by atoms with Crippen LogP contribution in [0.25, 0.3) is 0 Å². The molecular formula is C22H26F3NO2. The van der Waals surface area contributed by atoms with Crippen LogP contribution in [0.15, 0.2) is 42.5 Å². The number of ether oxygens (including phenoxy) is 2. The summed E-state index contributed by atoms with van der Waals surface area (Å²) in [6.45, 7) is 5.93. The summed E-state index contributed by atoms with van der Waals surface area (Å²) in [5.41, 5.74) is 0.737. The Morgan fingerprint density at radius 3 is 2.32 bits per heavy atom. The third-order valence-electron chi connectivity index (χ3n) is 5.12. The van der Waals surface area contributed by atoms with Gasteiger partial charge in [0.2, 0.25) is 0 Å². The Hall–Kier alpha value is -2.21. The zero-order chi connectivity index (χ0) is 20.7. The largest absolute Gasteiger partial charge is 0.487 e. The van der Waals surface area contributed by atoms with Crippen LogP contribution in [0.1, 0.15) is 49.8 Å². The Labute approximate surface area is 164 Å². The fourth-order valence-electron chi connectivity index (χ4n) is 3.41. The Morgan fingerprint density at radius 2 is 1.75 bits per heavy atom. The van der Waals surface area contributed by atoms with Gasteiger partial charge in [0, 0.05) is 17.5 Å². The van der Waals surface area contributed by atoms with Gasteiger partial charge in [-0.3, -0.25) is 4.90 Å². The summed E-state index contributed by atoms with van der Waals surface area (Å²) >= 11 is 0. The van der Waals surface area contributed by atoms with Crippen molar-refractivity contribution in [2.45, 2.75) is 51.1 Å². The lowest BCUT2D eigenvalue weighted by Gasteiger charge is -2.38. The highest BCUT2D eigenvalue weighted by Gasteiger charge is 2.36. The van der Waals surface area contributed by atoms with Crippen molar-refractivity contribution in [2.75, 3.05) is 14.1 Å². The van der Waals surface area contributed by atoms with E-state index in [4.69, 9.17) is 9.47 Å². The lowest BCUT2D eigenvalue weighted by Crippen LogP contribution is -2.35. The Balaban J connectivity index is 1.94. The Morgan fingerprint density at radius 1 is 1.11 bits per heavy atom. The van der Waals surface area contributed by atoms with Crippen LogP contribution in [0.5, 0.6) is 11.5 Å². The third-order valence-corrected chi connectivity index (χ3v) is 5.12. The molecule has 1 heterocycles. The molecule has 0 N–H and O–H groups in total. The van der Waals surface area contributed by atoms with Crippen LogP contribution in [0.3, 0.4) is 0 Å². The van der Waals surface area contributed by atoms with Crippen LogP contribution in [-0.2, 0) is 6.18 Å². The van der Waals surface area contributed by atoms with Gasteiger partial charge < -0.3 is 9.47 Å². The average Bonchev–Trinajstić information content (AvgIpc) is 2.59. The molecule has 6 heteroatoms. The molecule has 3 nitrogen and oxygen atoms in total. The highest BCUT2D eigenvalue weighted by atomic mass is 19.4. The van der Waals surface area contributed by atoms with E-state index in [1.807, 2.05) is 58.0 Å². The van der Waals surface area contributed by atoms with Crippen molar-refractivity contribution < 1.29 is 22.6 Å². The first-order valence-corrected chi connectivity index (χ1v) is 9.29. The summed E-state index contributed by atoms with van der Waals surface area (Å²) in [5.74, 6) is 1.37. The molecule has 0 aromatic heterocycles. The van der Waals surface area contributed by atoms with Crippen molar-refractivity contribution in [1.29, 1.82) is 0 Å². The van der Waals surface area contributed by atoms with Gasteiger partial charge in [-0.1, -0.05) is 18.2 Å². The van der Waals surface area contributed by atoms with Gasteiger partial charge in [-0.15, -0.1) is 0 Å². The first-order valence-electron chi connectivity index (χ1n) is 9.29. The minimum atomic E-state index is -4.33. The second-order valence-electron chi connectivity index (χ2n) is 8.12. The van der Waals surface area contributed by atoms with E-state index in [2.05, 4.69) is 0 Å². The molecule has 3 rings (SSSR count). The van der Waals surface area contributed by atoms with Crippen LogP contribution in [0.4, 0.5) is 13.2 Å². The van der Waals surface area contributed by atoms with E-state index in [1.165, 1.54) is 0 Å². The first kappa shape index (κ1) is 20.5. The number of alkyl halides is 3. The predicted octanol–water partition coefficient (Wildman–Crippen LogP) is 5.68. The van der Waals surface area contributed by atoms with Crippen LogP contribution in [-0.4, -0.2) is 30.8 Å². The van der Waals surface area contributed by atoms with Gasteiger partial charge in [0.15, 0.2) is 0 Å². The minimum Gasteiger partial charge on any atom is -0.487 e. The molecule has 0 amide bonds. The number of hydrogen-bond donors (Lipinski definition) is 0. The number of hydrogen-bond acceptors (Lipinski definition) is 3. The molecule has 2 aromatic rings. The van der Waals surface area contributed by atoms with Crippen molar-refractivity contribution >= 4 is 0 Å². The standard InChI is InChI=1S/C22H26F3NO2/c1-14(26(4)5)27-17-10-11-18-19(13-21(2,3)28-20(18)12-17)15-6-8-16(9-7-15)22(23,24)25/h6-12,14,19H,13H2,1-5H3. The zero-order valence-electron chi connectivity index (χ0n) is 16.8. The van der Waals surface area contributed by atoms with E-state index < -0.39 is 17.3 Å². The average molecular weight is 393 g/mol. The molecule has 2 aromatic carbocycles. The van der Waals surface area contributed by atoms with E-state index >= 15 is 0 Å². The molecule has 0 saturated heterocycles. The molecule has 28 heavy (non-hydrogen) atoms. The second kappa shape index (κ2) is 7.32. The fourth-order valence-corrected chi connectivity index (χ4v) is 3.41. The smallest absolute Gasteiger partial charge is 0.416 e. The maximum absolute atomic E-state index is 12.9. The number of nitrogens with zero attached hydrogens (tertiary/aromatic N) is 1. The lowest BCUT2D eigenvalue weighted by atomic mass is 9.80. The van der Waals surface area contributed by atoms with Crippen LogP contribution >= 0.6 is 0 Å². The van der Waals surface area contributed by atoms with Gasteiger partial charge in [-0.25, -0.2) is 0 Å².